The molecule has 1 unspecified atom stereocenters. The lowest BCUT2D eigenvalue weighted by molar-refractivity contribution is -0.141. The summed E-state index contributed by atoms with van der Waals surface area (Å²) >= 11 is 1.45. The second-order valence-corrected chi connectivity index (χ2v) is 14.7. The minimum absolute atomic E-state index is 0.00872. The molecule has 4 rings (SSSR count). The summed E-state index contributed by atoms with van der Waals surface area (Å²) in [5.74, 6) is 9.89. The van der Waals surface area contributed by atoms with Crippen molar-refractivity contribution in [3.63, 3.8) is 0 Å². The van der Waals surface area contributed by atoms with Gasteiger partial charge in [-0.1, -0.05) is 43.9 Å². The van der Waals surface area contributed by atoms with E-state index in [1.165, 1.54) is 11.8 Å². The Balaban J connectivity index is 1.33. The molecule has 0 bridgehead atoms. The summed E-state index contributed by atoms with van der Waals surface area (Å²) in [5, 5.41) is 21.5. The van der Waals surface area contributed by atoms with E-state index >= 15 is 0 Å². The number of carbonyl (C=O) groups is 4. The van der Waals surface area contributed by atoms with E-state index in [-0.39, 0.29) is 48.8 Å². The first-order chi connectivity index (χ1) is 26.0. The number of tetrazole rings is 1. The van der Waals surface area contributed by atoms with Crippen LogP contribution < -0.4 is 16.0 Å². The third kappa shape index (κ3) is 12.3. The molecule has 15 nitrogen and oxygen atoms in total. The third-order valence-electron chi connectivity index (χ3n) is 9.41. The summed E-state index contributed by atoms with van der Waals surface area (Å²) < 4.78 is 13.5. The molecule has 2 aliphatic rings. The van der Waals surface area contributed by atoms with Crippen LogP contribution in [-0.4, -0.2) is 130 Å². The number of nitrogens with zero attached hydrogens (tertiary/aromatic N) is 6. The summed E-state index contributed by atoms with van der Waals surface area (Å²) in [4.78, 5) is 57.2. The Morgan fingerprint density at radius 1 is 0.852 bits per heavy atom. The number of likely N-dealkylation sites (tertiary alicyclic amines) is 2. The van der Waals surface area contributed by atoms with Crippen LogP contribution in [0.5, 0.6) is 0 Å². The standard InChI is InChI=1S/C38H53N9O6S/c1-26(2)34(48)40-32(36(50)45-20-12-13-21-45)28(4)52-23-14-7-8-15-24-53-29(5)33(41-35(49)27(3)39-6)37(51)46-22-16-17-30(46)25-47-38(42-43-44-47)54-31-18-10-9-11-19-31/h9-11,18-19,26-30,32-33,39H,12-13,16-17,20-25H2,1-6H3,(H,40,48)(H,41,49)/t27-,28+,29?,30-,32-,33-/m0/s1. The maximum absolute atomic E-state index is 14.1. The number of likely N-dealkylation sites (N-methyl/N-ethyl adjacent to an activating group) is 1. The van der Waals surface area contributed by atoms with Gasteiger partial charge in [-0.2, -0.15) is 0 Å². The van der Waals surface area contributed by atoms with Crippen molar-refractivity contribution in [2.24, 2.45) is 5.92 Å². The van der Waals surface area contributed by atoms with Crippen molar-refractivity contribution in [3.05, 3.63) is 30.3 Å². The van der Waals surface area contributed by atoms with E-state index in [1.54, 1.807) is 56.1 Å². The predicted molar refractivity (Wildman–Crippen MR) is 203 cm³/mol. The van der Waals surface area contributed by atoms with Crippen molar-refractivity contribution >= 4 is 35.4 Å². The van der Waals surface area contributed by atoms with E-state index in [1.807, 2.05) is 30.3 Å². The van der Waals surface area contributed by atoms with E-state index in [2.05, 4.69) is 55.2 Å². The zero-order chi connectivity index (χ0) is 39.0. The number of carbonyl (C=O) groups excluding carboxylic acids is 4. The Morgan fingerprint density at radius 3 is 2.07 bits per heavy atom. The molecule has 54 heavy (non-hydrogen) atoms. The Bertz CT molecular complexity index is 1680. The second kappa shape index (κ2) is 21.4. The monoisotopic (exact) mass is 763 g/mol. The lowest BCUT2D eigenvalue weighted by atomic mass is 10.1. The van der Waals surface area contributed by atoms with Crippen LogP contribution in [0.1, 0.15) is 60.3 Å². The van der Waals surface area contributed by atoms with Crippen molar-refractivity contribution < 1.29 is 28.7 Å². The van der Waals surface area contributed by atoms with Crippen LogP contribution in [0, 0.1) is 29.6 Å². The molecule has 2 aromatic rings. The Kier molecular flexibility index (Phi) is 16.8. The van der Waals surface area contributed by atoms with Gasteiger partial charge < -0.3 is 35.2 Å². The molecule has 0 saturated carbocycles. The number of hydrogen-bond donors (Lipinski definition) is 3. The molecule has 4 amide bonds. The molecule has 2 aliphatic heterocycles. The fraction of sp³-hybridized carbons (Fsp3) is 0.605. The fourth-order valence-corrected chi connectivity index (χ4v) is 6.79. The van der Waals surface area contributed by atoms with Gasteiger partial charge in [0.05, 0.1) is 30.8 Å². The minimum atomic E-state index is -0.962. The van der Waals surface area contributed by atoms with Crippen LogP contribution in [0.15, 0.2) is 40.4 Å². The van der Waals surface area contributed by atoms with Crippen molar-refractivity contribution in [3.8, 4) is 23.7 Å². The van der Waals surface area contributed by atoms with Gasteiger partial charge in [-0.25, -0.2) is 4.68 Å². The minimum Gasteiger partial charge on any atom is -0.363 e. The molecule has 0 radical (unpaired) electrons. The highest BCUT2D eigenvalue weighted by Crippen LogP contribution is 2.27. The van der Waals surface area contributed by atoms with Crippen LogP contribution in [0.3, 0.4) is 0 Å². The van der Waals surface area contributed by atoms with E-state index in [9.17, 15) is 19.2 Å². The highest BCUT2D eigenvalue weighted by Gasteiger charge is 2.38. The van der Waals surface area contributed by atoms with Crippen molar-refractivity contribution in [2.75, 3.05) is 39.9 Å². The van der Waals surface area contributed by atoms with Gasteiger partial charge in [0.2, 0.25) is 28.8 Å². The smallest absolute Gasteiger partial charge is 0.248 e. The summed E-state index contributed by atoms with van der Waals surface area (Å²) in [6, 6.07) is 7.34. The predicted octanol–water partition coefficient (Wildman–Crippen LogP) is 1.49. The van der Waals surface area contributed by atoms with Gasteiger partial charge in [-0.05, 0) is 99.7 Å². The first-order valence-corrected chi connectivity index (χ1v) is 19.4. The Morgan fingerprint density at radius 2 is 1.46 bits per heavy atom. The fourth-order valence-electron chi connectivity index (χ4n) is 5.99. The highest BCUT2D eigenvalue weighted by molar-refractivity contribution is 7.99. The number of amides is 4. The second-order valence-electron chi connectivity index (χ2n) is 13.7. The van der Waals surface area contributed by atoms with Gasteiger partial charge in [0.15, 0.2) is 0 Å². The average molecular weight is 764 g/mol. The largest absolute Gasteiger partial charge is 0.363 e. The highest BCUT2D eigenvalue weighted by atomic mass is 32.2. The molecule has 2 fully saturated rings. The molecule has 292 valence electrons. The van der Waals surface area contributed by atoms with Gasteiger partial charge in [0, 0.05) is 30.4 Å². The summed E-state index contributed by atoms with van der Waals surface area (Å²) in [7, 11) is 1.67. The van der Waals surface area contributed by atoms with E-state index < -0.39 is 30.3 Å². The maximum Gasteiger partial charge on any atom is 0.248 e. The zero-order valence-corrected chi connectivity index (χ0v) is 32.9. The van der Waals surface area contributed by atoms with Gasteiger partial charge in [0.25, 0.3) is 0 Å². The molecule has 3 heterocycles. The third-order valence-corrected chi connectivity index (χ3v) is 10.4. The molecule has 0 aliphatic carbocycles. The van der Waals surface area contributed by atoms with E-state index in [0.29, 0.717) is 31.3 Å². The Hall–Kier alpha value is -4.48. The zero-order valence-electron chi connectivity index (χ0n) is 32.0. The molecule has 1 aromatic heterocycles. The van der Waals surface area contributed by atoms with E-state index in [0.717, 1.165) is 30.6 Å². The summed E-state index contributed by atoms with van der Waals surface area (Å²) in [6.07, 6.45) is 2.15. The van der Waals surface area contributed by atoms with Crippen LogP contribution in [-0.2, 0) is 35.2 Å². The quantitative estimate of drug-likeness (QED) is 0.200. The van der Waals surface area contributed by atoms with Crippen LogP contribution in [0.2, 0.25) is 0 Å². The normalized spacial score (nSPS) is 18.1. The summed E-state index contributed by atoms with van der Waals surface area (Å²) in [6.45, 7) is 11.0. The number of ether oxygens (including phenoxy) is 2. The number of benzene rings is 1. The molecule has 6 atom stereocenters. The van der Waals surface area contributed by atoms with Gasteiger partial charge in [-0.3, -0.25) is 19.2 Å². The van der Waals surface area contributed by atoms with E-state index in [4.69, 9.17) is 9.47 Å². The van der Waals surface area contributed by atoms with Gasteiger partial charge >= 0.3 is 0 Å². The molecule has 3 N–H and O–H groups in total. The topological polar surface area (TPSA) is 173 Å². The molecular weight excluding hydrogens is 711 g/mol. The first kappa shape index (κ1) is 42.3. The van der Waals surface area contributed by atoms with Crippen molar-refractivity contribution in [1.29, 1.82) is 0 Å². The molecule has 0 spiro atoms. The average Bonchev–Trinajstić information content (AvgIpc) is 3.97. The summed E-state index contributed by atoms with van der Waals surface area (Å²) in [5.41, 5.74) is 0. The van der Waals surface area contributed by atoms with Crippen molar-refractivity contribution in [1.82, 2.24) is 46.0 Å². The number of nitrogens with one attached hydrogen (secondary N) is 3. The molecule has 2 saturated heterocycles. The molecular formula is C38H53N9O6S. The lowest BCUT2D eigenvalue weighted by Gasteiger charge is -2.32. The number of aromatic nitrogens is 4. The van der Waals surface area contributed by atoms with Gasteiger partial charge in [-0.15, -0.1) is 5.10 Å². The molecule has 1 aromatic carbocycles. The van der Waals surface area contributed by atoms with Crippen LogP contribution >= 0.6 is 11.8 Å². The van der Waals surface area contributed by atoms with Crippen LogP contribution in [0.25, 0.3) is 0 Å². The number of hydrogen-bond acceptors (Lipinski definition) is 11. The Labute approximate surface area is 322 Å². The maximum atomic E-state index is 14.1. The van der Waals surface area contributed by atoms with Crippen LogP contribution in [0.4, 0.5) is 0 Å². The first-order valence-electron chi connectivity index (χ1n) is 18.5. The van der Waals surface area contributed by atoms with Gasteiger partial charge in [0.1, 0.15) is 25.3 Å². The number of rotatable bonds is 17. The SMILES string of the molecule is CN[C@@H](C)C(=O)N[C@H](C(=O)N1CCC[C@H]1Cn1nnnc1Sc1ccccc1)C(C)OCC#CC#CCO[C@H](C)[C@H](NC(=O)C(C)C)C(=O)N1CCCC1. The molecule has 16 heteroatoms. The lowest BCUT2D eigenvalue weighted by Crippen LogP contribution is -2.58. The van der Waals surface area contributed by atoms with Crippen molar-refractivity contribution in [2.45, 2.75) is 113 Å².